The van der Waals surface area contributed by atoms with Crippen molar-refractivity contribution < 1.29 is 19.1 Å². The van der Waals surface area contributed by atoms with Crippen LogP contribution in [0.25, 0.3) is 0 Å². The Labute approximate surface area is 223 Å². The molecule has 3 N–H and O–H groups in total. The largest absolute Gasteiger partial charge is 0.492 e. The van der Waals surface area contributed by atoms with Crippen molar-refractivity contribution in [1.29, 1.82) is 5.41 Å². The van der Waals surface area contributed by atoms with Gasteiger partial charge < -0.3 is 25.0 Å². The molecule has 8 nitrogen and oxygen atoms in total. The van der Waals surface area contributed by atoms with E-state index >= 15 is 0 Å². The summed E-state index contributed by atoms with van der Waals surface area (Å²) in [7, 11) is 0. The molecule has 1 aliphatic heterocycles. The number of amides is 2. The second-order valence-corrected chi connectivity index (χ2v) is 9.35. The van der Waals surface area contributed by atoms with Gasteiger partial charge in [0.05, 0.1) is 6.54 Å². The van der Waals surface area contributed by atoms with Crippen molar-refractivity contribution >= 4 is 17.6 Å². The molecule has 0 bridgehead atoms. The third-order valence-electron chi connectivity index (χ3n) is 6.57. The Balaban J connectivity index is 1.39. The third kappa shape index (κ3) is 7.35. The van der Waals surface area contributed by atoms with Crippen molar-refractivity contribution in [2.75, 3.05) is 26.2 Å². The van der Waals surface area contributed by atoms with Crippen LogP contribution in [0.15, 0.2) is 78.9 Å². The smallest absolute Gasteiger partial charge is 0.254 e. The number of likely N-dealkylation sites (tertiary alicyclic amines) is 1. The number of nitrogens with two attached hydrogens (primary N) is 1. The molecule has 0 saturated carbocycles. The van der Waals surface area contributed by atoms with Crippen LogP contribution in [0.4, 0.5) is 0 Å². The van der Waals surface area contributed by atoms with Crippen LogP contribution in [-0.2, 0) is 11.3 Å². The summed E-state index contributed by atoms with van der Waals surface area (Å²) in [6, 6.07) is 24.1. The molecule has 38 heavy (non-hydrogen) atoms. The molecule has 2 amide bonds. The van der Waals surface area contributed by atoms with E-state index in [1.54, 1.807) is 48.2 Å². The monoisotopic (exact) mass is 514 g/mol. The molecule has 0 unspecified atom stereocenters. The minimum Gasteiger partial charge on any atom is -0.492 e. The first-order valence-electron chi connectivity index (χ1n) is 12.8. The van der Waals surface area contributed by atoms with Gasteiger partial charge in [0.2, 0.25) is 5.91 Å². The fourth-order valence-electron chi connectivity index (χ4n) is 4.42. The highest BCUT2D eigenvalue weighted by atomic mass is 16.5. The van der Waals surface area contributed by atoms with E-state index in [0.29, 0.717) is 55.4 Å². The minimum absolute atomic E-state index is 0.0229. The van der Waals surface area contributed by atoms with E-state index in [2.05, 4.69) is 0 Å². The Morgan fingerprint density at radius 3 is 2.32 bits per heavy atom. The molecule has 0 radical (unpaired) electrons. The maximum Gasteiger partial charge on any atom is 0.254 e. The van der Waals surface area contributed by atoms with Crippen LogP contribution in [0, 0.1) is 5.41 Å². The van der Waals surface area contributed by atoms with E-state index in [9.17, 15) is 9.59 Å². The maximum absolute atomic E-state index is 13.5. The molecular formula is C30H34N4O4. The standard InChI is InChI=1S/C30H34N4O4/c1-22(35)33-16-14-27(15-17-33)38-26-12-10-24(11-13-26)30(36)34(21-23-6-3-2-4-7-23)18-19-37-28-9-5-8-25(20-28)29(31)32/h2-13,20,27H,14-19,21H2,1H3,(H3,31,32). The van der Waals surface area contributed by atoms with Gasteiger partial charge in [0, 0.05) is 50.5 Å². The number of nitrogen functional groups attached to an aromatic ring is 1. The first-order valence-corrected chi connectivity index (χ1v) is 12.8. The molecule has 1 heterocycles. The van der Waals surface area contributed by atoms with E-state index < -0.39 is 0 Å². The fraction of sp³-hybridized carbons (Fsp3) is 0.300. The molecule has 1 aliphatic rings. The molecule has 0 aromatic heterocycles. The van der Waals surface area contributed by atoms with Crippen molar-refractivity contribution in [2.24, 2.45) is 5.73 Å². The highest BCUT2D eigenvalue weighted by molar-refractivity contribution is 5.95. The fourth-order valence-corrected chi connectivity index (χ4v) is 4.42. The predicted octanol–water partition coefficient (Wildman–Crippen LogP) is 4.08. The van der Waals surface area contributed by atoms with Crippen molar-refractivity contribution in [2.45, 2.75) is 32.4 Å². The van der Waals surface area contributed by atoms with E-state index in [0.717, 1.165) is 18.4 Å². The summed E-state index contributed by atoms with van der Waals surface area (Å²) in [6.07, 6.45) is 1.64. The molecule has 0 spiro atoms. The van der Waals surface area contributed by atoms with Crippen LogP contribution in [-0.4, -0.2) is 59.8 Å². The van der Waals surface area contributed by atoms with Gasteiger partial charge in [-0.1, -0.05) is 42.5 Å². The average molecular weight is 515 g/mol. The molecule has 0 aliphatic carbocycles. The van der Waals surface area contributed by atoms with Gasteiger partial charge in [-0.3, -0.25) is 15.0 Å². The summed E-state index contributed by atoms with van der Waals surface area (Å²) < 4.78 is 12.0. The minimum atomic E-state index is -0.101. The third-order valence-corrected chi connectivity index (χ3v) is 6.57. The molecule has 198 valence electrons. The number of carbonyl (C=O) groups excluding carboxylic acids is 2. The topological polar surface area (TPSA) is 109 Å². The number of nitrogens with zero attached hydrogens (tertiary/aromatic N) is 2. The predicted molar refractivity (Wildman–Crippen MR) is 146 cm³/mol. The molecule has 4 rings (SSSR count). The second kappa shape index (κ2) is 12.8. The van der Waals surface area contributed by atoms with Gasteiger partial charge in [-0.2, -0.15) is 0 Å². The Hall–Kier alpha value is -4.33. The number of piperidine rings is 1. The van der Waals surface area contributed by atoms with E-state index in [1.165, 1.54) is 0 Å². The lowest BCUT2D eigenvalue weighted by molar-refractivity contribution is -0.130. The zero-order valence-electron chi connectivity index (χ0n) is 21.6. The van der Waals surface area contributed by atoms with Crippen molar-refractivity contribution in [3.05, 3.63) is 95.6 Å². The first-order chi connectivity index (χ1) is 18.4. The summed E-state index contributed by atoms with van der Waals surface area (Å²) >= 11 is 0. The lowest BCUT2D eigenvalue weighted by atomic mass is 10.1. The molecule has 8 heteroatoms. The Kier molecular flexibility index (Phi) is 8.98. The highest BCUT2D eigenvalue weighted by Crippen LogP contribution is 2.21. The summed E-state index contributed by atoms with van der Waals surface area (Å²) in [5, 5.41) is 7.61. The van der Waals surface area contributed by atoms with Crippen LogP contribution in [0.3, 0.4) is 0 Å². The molecular weight excluding hydrogens is 480 g/mol. The lowest BCUT2D eigenvalue weighted by Gasteiger charge is -2.31. The number of amidine groups is 1. The molecule has 0 atom stereocenters. The number of hydrogen-bond acceptors (Lipinski definition) is 5. The summed E-state index contributed by atoms with van der Waals surface area (Å²) in [4.78, 5) is 28.6. The maximum atomic E-state index is 13.5. The van der Waals surface area contributed by atoms with Gasteiger partial charge in [0.1, 0.15) is 30.0 Å². The summed E-state index contributed by atoms with van der Waals surface area (Å²) in [6.45, 7) is 4.11. The van der Waals surface area contributed by atoms with Gasteiger partial charge >= 0.3 is 0 Å². The van der Waals surface area contributed by atoms with Crippen LogP contribution in [0.2, 0.25) is 0 Å². The molecule has 1 saturated heterocycles. The van der Waals surface area contributed by atoms with Gasteiger partial charge in [-0.15, -0.1) is 0 Å². The Morgan fingerprint density at radius 1 is 0.947 bits per heavy atom. The van der Waals surface area contributed by atoms with Crippen molar-refractivity contribution in [3.8, 4) is 11.5 Å². The van der Waals surface area contributed by atoms with E-state index in [-0.39, 0.29) is 23.8 Å². The first kappa shape index (κ1) is 26.7. The number of rotatable bonds is 10. The number of ether oxygens (including phenoxy) is 2. The van der Waals surface area contributed by atoms with Crippen LogP contribution < -0.4 is 15.2 Å². The Morgan fingerprint density at radius 2 is 1.66 bits per heavy atom. The highest BCUT2D eigenvalue weighted by Gasteiger charge is 2.22. The number of carbonyl (C=O) groups is 2. The zero-order valence-corrected chi connectivity index (χ0v) is 21.6. The van der Waals surface area contributed by atoms with Crippen molar-refractivity contribution in [1.82, 2.24) is 9.80 Å². The molecule has 3 aromatic carbocycles. The molecule has 3 aromatic rings. The van der Waals surface area contributed by atoms with Crippen LogP contribution in [0.5, 0.6) is 11.5 Å². The lowest BCUT2D eigenvalue weighted by Crippen LogP contribution is -2.40. The second-order valence-electron chi connectivity index (χ2n) is 9.35. The molecule has 1 fully saturated rings. The number of hydrogen-bond donors (Lipinski definition) is 2. The average Bonchev–Trinajstić information content (AvgIpc) is 2.93. The van der Waals surface area contributed by atoms with E-state index in [4.69, 9.17) is 20.6 Å². The van der Waals surface area contributed by atoms with E-state index in [1.807, 2.05) is 47.4 Å². The van der Waals surface area contributed by atoms with Crippen LogP contribution >= 0.6 is 0 Å². The van der Waals surface area contributed by atoms with Gasteiger partial charge in [-0.25, -0.2) is 0 Å². The van der Waals surface area contributed by atoms with Gasteiger partial charge in [0.25, 0.3) is 5.91 Å². The Bertz CT molecular complexity index is 1240. The van der Waals surface area contributed by atoms with Crippen LogP contribution in [0.1, 0.15) is 41.3 Å². The van der Waals surface area contributed by atoms with Gasteiger partial charge in [-0.05, 0) is 42.0 Å². The summed E-state index contributed by atoms with van der Waals surface area (Å²) in [5.74, 6) is 1.29. The summed E-state index contributed by atoms with van der Waals surface area (Å²) in [5.41, 5.74) is 7.76. The normalized spacial score (nSPS) is 13.6. The zero-order chi connectivity index (χ0) is 26.9. The number of nitrogens with one attached hydrogen (secondary N) is 1. The van der Waals surface area contributed by atoms with Crippen molar-refractivity contribution in [3.63, 3.8) is 0 Å². The SMILES string of the molecule is CC(=O)N1CCC(Oc2ccc(C(=O)N(CCOc3cccc(C(=N)N)c3)Cc3ccccc3)cc2)CC1. The quantitative estimate of drug-likeness (QED) is 0.313. The van der Waals surface area contributed by atoms with Gasteiger partial charge in [0.15, 0.2) is 0 Å². The number of benzene rings is 3.